The summed E-state index contributed by atoms with van der Waals surface area (Å²) in [6, 6.07) is 10.0. The van der Waals surface area contributed by atoms with Crippen molar-refractivity contribution in [3.63, 3.8) is 0 Å². The molecule has 0 unspecified atom stereocenters. The summed E-state index contributed by atoms with van der Waals surface area (Å²) in [4.78, 5) is 19.5. The Balaban J connectivity index is 2.28. The minimum Gasteiger partial charge on any atom is -0.496 e. The Morgan fingerprint density at radius 2 is 1.96 bits per heavy atom. The zero-order valence-electron chi connectivity index (χ0n) is 13.7. The molecule has 0 saturated carbocycles. The van der Waals surface area contributed by atoms with Gasteiger partial charge in [-0.25, -0.2) is 9.78 Å². The van der Waals surface area contributed by atoms with Crippen LogP contribution in [0.15, 0.2) is 47.6 Å². The molecular formula is C18H15ClN4O3. The number of hydrogen-bond acceptors (Lipinski definition) is 4. The summed E-state index contributed by atoms with van der Waals surface area (Å²) < 4.78 is 5.36. The first-order chi connectivity index (χ1) is 12.4. The summed E-state index contributed by atoms with van der Waals surface area (Å²) in [6.45, 7) is 0. The van der Waals surface area contributed by atoms with Crippen molar-refractivity contribution in [3.8, 4) is 16.9 Å². The van der Waals surface area contributed by atoms with Crippen molar-refractivity contribution in [2.75, 3.05) is 7.11 Å². The number of carboxylic acids is 1. The molecule has 26 heavy (non-hydrogen) atoms. The van der Waals surface area contributed by atoms with Gasteiger partial charge in [0.25, 0.3) is 0 Å². The van der Waals surface area contributed by atoms with Gasteiger partial charge in [-0.15, -0.1) is 0 Å². The molecule has 0 fully saturated rings. The number of methoxy groups -OCH3 is 1. The van der Waals surface area contributed by atoms with Gasteiger partial charge in [0.15, 0.2) is 11.8 Å². The van der Waals surface area contributed by atoms with E-state index in [1.807, 2.05) is 6.07 Å². The van der Waals surface area contributed by atoms with E-state index in [1.54, 1.807) is 24.3 Å². The molecular weight excluding hydrogens is 356 g/mol. The molecule has 0 saturated heterocycles. The first-order valence-corrected chi connectivity index (χ1v) is 7.88. The fraction of sp³-hybridized carbons (Fsp3) is 0.0556. The molecule has 3 rings (SSSR count). The van der Waals surface area contributed by atoms with Crippen LogP contribution in [-0.4, -0.2) is 29.1 Å². The number of guanidine groups is 1. The molecule has 5 N–H and O–H groups in total. The standard InChI is InChI=1S/C18H15ClN4O3/c1-26-15-5-3-10(17(24)25)7-12(15)9-2-4-11-13(6-9)16(23-18(20)21)22-8-14(11)19/h2-8H,1H3,(H,24,25)(H4,20,21,22,23). The van der Waals surface area contributed by atoms with Crippen LogP contribution >= 0.6 is 11.6 Å². The van der Waals surface area contributed by atoms with Gasteiger partial charge in [-0.2, -0.15) is 4.99 Å². The van der Waals surface area contributed by atoms with E-state index < -0.39 is 5.97 Å². The zero-order valence-corrected chi connectivity index (χ0v) is 14.5. The number of hydrogen-bond donors (Lipinski definition) is 3. The van der Waals surface area contributed by atoms with Gasteiger partial charge in [0.2, 0.25) is 0 Å². The van der Waals surface area contributed by atoms with Gasteiger partial charge in [0.05, 0.1) is 17.7 Å². The number of rotatable bonds is 4. The Kier molecular flexibility index (Phi) is 4.64. The lowest BCUT2D eigenvalue weighted by atomic mass is 9.99. The quantitative estimate of drug-likeness (QED) is 0.478. The third kappa shape index (κ3) is 3.25. The maximum atomic E-state index is 11.3. The number of nitrogens with zero attached hydrogens (tertiary/aromatic N) is 2. The van der Waals surface area contributed by atoms with Crippen LogP contribution in [0.5, 0.6) is 5.75 Å². The molecule has 132 valence electrons. The molecule has 3 aromatic rings. The predicted octanol–water partition coefficient (Wildman–Crippen LogP) is 3.17. The van der Waals surface area contributed by atoms with Crippen molar-refractivity contribution >= 4 is 40.1 Å². The summed E-state index contributed by atoms with van der Waals surface area (Å²) in [7, 11) is 1.52. The largest absolute Gasteiger partial charge is 0.496 e. The number of carbonyl (C=O) groups is 1. The SMILES string of the molecule is COc1ccc(C(=O)O)cc1-c1ccc2c(Cl)cnc(N=C(N)N)c2c1. The molecule has 0 aliphatic heterocycles. The maximum absolute atomic E-state index is 11.3. The monoisotopic (exact) mass is 370 g/mol. The second-order valence-electron chi connectivity index (χ2n) is 5.45. The fourth-order valence-electron chi connectivity index (χ4n) is 2.64. The lowest BCUT2D eigenvalue weighted by molar-refractivity contribution is 0.0697. The van der Waals surface area contributed by atoms with Crippen LogP contribution in [0.1, 0.15) is 10.4 Å². The molecule has 0 aliphatic rings. The molecule has 1 heterocycles. The highest BCUT2D eigenvalue weighted by molar-refractivity contribution is 6.35. The number of halogens is 1. The second-order valence-corrected chi connectivity index (χ2v) is 5.85. The predicted molar refractivity (Wildman–Crippen MR) is 101 cm³/mol. The molecule has 0 atom stereocenters. The molecule has 8 heteroatoms. The molecule has 1 aromatic heterocycles. The van der Waals surface area contributed by atoms with Crippen LogP contribution in [0.4, 0.5) is 5.82 Å². The average molecular weight is 371 g/mol. The highest BCUT2D eigenvalue weighted by Gasteiger charge is 2.13. The highest BCUT2D eigenvalue weighted by atomic mass is 35.5. The normalized spacial score (nSPS) is 10.5. The Morgan fingerprint density at radius 3 is 2.62 bits per heavy atom. The number of pyridine rings is 1. The first-order valence-electron chi connectivity index (χ1n) is 7.50. The Bertz CT molecular complexity index is 1050. The molecule has 0 amide bonds. The van der Waals surface area contributed by atoms with Gasteiger partial charge < -0.3 is 21.3 Å². The zero-order chi connectivity index (χ0) is 18.8. The molecule has 0 aliphatic carbocycles. The Labute approximate surface area is 153 Å². The summed E-state index contributed by atoms with van der Waals surface area (Å²) in [5, 5.41) is 11.1. The van der Waals surface area contributed by atoms with Crippen LogP contribution in [0.2, 0.25) is 5.02 Å². The molecule has 0 bridgehead atoms. The number of ether oxygens (including phenoxy) is 1. The van der Waals surface area contributed by atoms with Crippen molar-refractivity contribution in [1.29, 1.82) is 0 Å². The number of carboxylic acid groups (broad SMARTS) is 1. The van der Waals surface area contributed by atoms with E-state index >= 15 is 0 Å². The van der Waals surface area contributed by atoms with E-state index in [-0.39, 0.29) is 11.5 Å². The Morgan fingerprint density at radius 1 is 1.19 bits per heavy atom. The number of aromatic carboxylic acids is 1. The van der Waals surface area contributed by atoms with E-state index in [9.17, 15) is 9.90 Å². The number of aromatic nitrogens is 1. The van der Waals surface area contributed by atoms with Gasteiger partial charge in [-0.3, -0.25) is 0 Å². The number of benzene rings is 2. The summed E-state index contributed by atoms with van der Waals surface area (Å²) >= 11 is 6.21. The number of aliphatic imine (C=N–C) groups is 1. The lowest BCUT2D eigenvalue weighted by Crippen LogP contribution is -2.22. The van der Waals surface area contributed by atoms with Crippen molar-refractivity contribution < 1.29 is 14.6 Å². The number of nitrogens with two attached hydrogens (primary N) is 2. The summed E-state index contributed by atoms with van der Waals surface area (Å²) in [6.07, 6.45) is 1.47. The van der Waals surface area contributed by atoms with E-state index in [0.29, 0.717) is 33.1 Å². The average Bonchev–Trinajstić information content (AvgIpc) is 2.63. The molecule has 0 radical (unpaired) electrons. The van der Waals surface area contributed by atoms with Crippen molar-refractivity contribution in [1.82, 2.24) is 4.98 Å². The van der Waals surface area contributed by atoms with Gasteiger partial charge in [0, 0.05) is 22.5 Å². The summed E-state index contributed by atoms with van der Waals surface area (Å²) in [5.41, 5.74) is 12.4. The van der Waals surface area contributed by atoms with Gasteiger partial charge >= 0.3 is 5.97 Å². The van der Waals surface area contributed by atoms with Gasteiger partial charge in [-0.05, 0) is 29.8 Å². The van der Waals surface area contributed by atoms with E-state index in [4.69, 9.17) is 27.8 Å². The van der Waals surface area contributed by atoms with Crippen molar-refractivity contribution in [2.24, 2.45) is 16.5 Å². The van der Waals surface area contributed by atoms with Crippen molar-refractivity contribution in [2.45, 2.75) is 0 Å². The maximum Gasteiger partial charge on any atom is 0.335 e. The third-order valence-corrected chi connectivity index (χ3v) is 4.11. The minimum absolute atomic E-state index is 0.128. The molecule has 7 nitrogen and oxygen atoms in total. The van der Waals surface area contributed by atoms with Crippen molar-refractivity contribution in [3.05, 3.63) is 53.2 Å². The molecule has 0 spiro atoms. The molecule has 2 aromatic carbocycles. The van der Waals surface area contributed by atoms with Crippen LogP contribution in [-0.2, 0) is 0 Å². The second kappa shape index (κ2) is 6.89. The fourth-order valence-corrected chi connectivity index (χ4v) is 2.85. The third-order valence-electron chi connectivity index (χ3n) is 3.81. The highest BCUT2D eigenvalue weighted by Crippen LogP contribution is 2.36. The van der Waals surface area contributed by atoms with E-state index in [2.05, 4.69) is 9.98 Å². The van der Waals surface area contributed by atoms with E-state index in [0.717, 1.165) is 5.39 Å². The topological polar surface area (TPSA) is 124 Å². The number of fused-ring (bicyclic) bond motifs is 1. The lowest BCUT2D eigenvalue weighted by Gasteiger charge is -2.12. The first kappa shape index (κ1) is 17.5. The van der Waals surface area contributed by atoms with Crippen LogP contribution in [0, 0.1) is 0 Å². The van der Waals surface area contributed by atoms with Crippen LogP contribution in [0.25, 0.3) is 21.9 Å². The van der Waals surface area contributed by atoms with Crippen LogP contribution in [0.3, 0.4) is 0 Å². The van der Waals surface area contributed by atoms with E-state index in [1.165, 1.54) is 19.4 Å². The Hall–Kier alpha value is -3.32. The van der Waals surface area contributed by atoms with Gasteiger partial charge in [0.1, 0.15) is 5.75 Å². The smallest absolute Gasteiger partial charge is 0.335 e. The summed E-state index contributed by atoms with van der Waals surface area (Å²) in [5.74, 6) is -0.301. The van der Waals surface area contributed by atoms with Crippen LogP contribution < -0.4 is 16.2 Å². The van der Waals surface area contributed by atoms with Gasteiger partial charge in [-0.1, -0.05) is 23.7 Å². The minimum atomic E-state index is -1.03.